The van der Waals surface area contributed by atoms with Gasteiger partial charge in [0.25, 0.3) is 0 Å². The van der Waals surface area contributed by atoms with E-state index in [2.05, 4.69) is 23.6 Å². The summed E-state index contributed by atoms with van der Waals surface area (Å²) in [5.74, 6) is 1.04. The highest BCUT2D eigenvalue weighted by atomic mass is 16.5. The molecule has 0 aromatic heterocycles. The normalized spacial score (nSPS) is 20.9. The highest BCUT2D eigenvalue weighted by molar-refractivity contribution is 5.81. The SMILES string of the molecule is COc1ccccc1C[C@H](C)N[C@H]1CCCCNC1=O. The van der Waals surface area contributed by atoms with Gasteiger partial charge in [-0.1, -0.05) is 18.2 Å². The highest BCUT2D eigenvalue weighted by Gasteiger charge is 2.22. The van der Waals surface area contributed by atoms with E-state index in [0.717, 1.165) is 38.0 Å². The Morgan fingerprint density at radius 3 is 3.00 bits per heavy atom. The summed E-state index contributed by atoms with van der Waals surface area (Å²) < 4.78 is 5.37. The predicted molar refractivity (Wildman–Crippen MR) is 79.9 cm³/mol. The van der Waals surface area contributed by atoms with Gasteiger partial charge in [0.15, 0.2) is 0 Å². The summed E-state index contributed by atoms with van der Waals surface area (Å²) in [7, 11) is 1.69. The number of hydrogen-bond donors (Lipinski definition) is 2. The number of methoxy groups -OCH3 is 1. The van der Waals surface area contributed by atoms with Crippen LogP contribution in [0.3, 0.4) is 0 Å². The fourth-order valence-corrected chi connectivity index (χ4v) is 2.70. The Bertz CT molecular complexity index is 448. The van der Waals surface area contributed by atoms with Gasteiger partial charge >= 0.3 is 0 Å². The molecule has 1 aromatic carbocycles. The Hall–Kier alpha value is -1.55. The summed E-state index contributed by atoms with van der Waals surface area (Å²) in [4.78, 5) is 11.9. The maximum Gasteiger partial charge on any atom is 0.237 e. The number of nitrogens with one attached hydrogen (secondary N) is 2. The number of carbonyl (C=O) groups excluding carboxylic acids is 1. The van der Waals surface area contributed by atoms with E-state index in [1.807, 2.05) is 18.2 Å². The molecule has 4 heteroatoms. The molecule has 1 aromatic rings. The molecule has 2 atom stereocenters. The second-order valence-electron chi connectivity index (χ2n) is 5.42. The van der Waals surface area contributed by atoms with Crippen molar-refractivity contribution < 1.29 is 9.53 Å². The van der Waals surface area contributed by atoms with Gasteiger partial charge in [-0.05, 0) is 44.2 Å². The molecule has 0 unspecified atom stereocenters. The summed E-state index contributed by atoms with van der Waals surface area (Å²) in [5, 5.41) is 6.40. The van der Waals surface area contributed by atoms with Crippen molar-refractivity contribution in [3.63, 3.8) is 0 Å². The zero-order valence-corrected chi connectivity index (χ0v) is 12.3. The van der Waals surface area contributed by atoms with Crippen molar-refractivity contribution in [2.24, 2.45) is 0 Å². The van der Waals surface area contributed by atoms with Crippen molar-refractivity contribution in [3.8, 4) is 5.75 Å². The molecule has 1 fully saturated rings. The van der Waals surface area contributed by atoms with Crippen LogP contribution in [0.15, 0.2) is 24.3 Å². The molecular weight excluding hydrogens is 252 g/mol. The van der Waals surface area contributed by atoms with Crippen molar-refractivity contribution in [1.29, 1.82) is 0 Å². The molecule has 1 saturated heterocycles. The van der Waals surface area contributed by atoms with E-state index in [1.54, 1.807) is 7.11 Å². The first-order chi connectivity index (χ1) is 9.70. The van der Waals surface area contributed by atoms with Crippen molar-refractivity contribution in [1.82, 2.24) is 10.6 Å². The van der Waals surface area contributed by atoms with Crippen LogP contribution >= 0.6 is 0 Å². The lowest BCUT2D eigenvalue weighted by Gasteiger charge is -2.21. The van der Waals surface area contributed by atoms with E-state index >= 15 is 0 Å². The Kier molecular flexibility index (Phi) is 5.41. The number of ether oxygens (including phenoxy) is 1. The lowest BCUT2D eigenvalue weighted by molar-refractivity contribution is -0.123. The van der Waals surface area contributed by atoms with Crippen molar-refractivity contribution in [2.45, 2.75) is 44.7 Å². The maximum absolute atomic E-state index is 11.9. The van der Waals surface area contributed by atoms with E-state index in [1.165, 1.54) is 5.56 Å². The Labute approximate surface area is 120 Å². The van der Waals surface area contributed by atoms with Gasteiger partial charge in [-0.15, -0.1) is 0 Å². The summed E-state index contributed by atoms with van der Waals surface area (Å²) >= 11 is 0. The first-order valence-corrected chi connectivity index (χ1v) is 7.36. The molecule has 20 heavy (non-hydrogen) atoms. The average molecular weight is 276 g/mol. The molecule has 110 valence electrons. The van der Waals surface area contributed by atoms with E-state index < -0.39 is 0 Å². The largest absolute Gasteiger partial charge is 0.496 e. The Morgan fingerprint density at radius 1 is 1.40 bits per heavy atom. The molecule has 2 N–H and O–H groups in total. The molecule has 1 heterocycles. The van der Waals surface area contributed by atoms with Crippen molar-refractivity contribution in [3.05, 3.63) is 29.8 Å². The molecule has 2 rings (SSSR count). The van der Waals surface area contributed by atoms with Gasteiger partial charge in [-0.3, -0.25) is 4.79 Å². The molecule has 1 amide bonds. The average Bonchev–Trinajstić information content (AvgIpc) is 2.65. The van der Waals surface area contributed by atoms with Gasteiger partial charge in [0, 0.05) is 12.6 Å². The Balaban J connectivity index is 1.94. The number of rotatable bonds is 5. The van der Waals surface area contributed by atoms with Crippen molar-refractivity contribution in [2.75, 3.05) is 13.7 Å². The van der Waals surface area contributed by atoms with E-state index in [9.17, 15) is 4.79 Å². The highest BCUT2D eigenvalue weighted by Crippen LogP contribution is 2.19. The topological polar surface area (TPSA) is 50.4 Å². The van der Waals surface area contributed by atoms with E-state index in [0.29, 0.717) is 0 Å². The second kappa shape index (κ2) is 7.29. The quantitative estimate of drug-likeness (QED) is 0.863. The van der Waals surface area contributed by atoms with Gasteiger partial charge in [0.05, 0.1) is 13.2 Å². The van der Waals surface area contributed by atoms with Crippen LogP contribution in [0, 0.1) is 0 Å². The lowest BCUT2D eigenvalue weighted by Crippen LogP contribution is -2.47. The maximum atomic E-state index is 11.9. The fourth-order valence-electron chi connectivity index (χ4n) is 2.70. The zero-order chi connectivity index (χ0) is 14.4. The minimum absolute atomic E-state index is 0.0674. The predicted octanol–water partition coefficient (Wildman–Crippen LogP) is 1.88. The third kappa shape index (κ3) is 3.97. The van der Waals surface area contributed by atoms with E-state index in [-0.39, 0.29) is 18.0 Å². The first kappa shape index (κ1) is 14.9. The summed E-state index contributed by atoms with van der Waals surface area (Å²) in [5.41, 5.74) is 1.17. The first-order valence-electron chi connectivity index (χ1n) is 7.36. The lowest BCUT2D eigenvalue weighted by atomic mass is 10.0. The molecule has 0 spiro atoms. The summed E-state index contributed by atoms with van der Waals surface area (Å²) in [6.07, 6.45) is 3.94. The third-order valence-electron chi connectivity index (χ3n) is 3.74. The van der Waals surface area contributed by atoms with Gasteiger partial charge < -0.3 is 15.4 Å². The van der Waals surface area contributed by atoms with Gasteiger partial charge in [0.1, 0.15) is 5.75 Å². The molecule has 4 nitrogen and oxygen atoms in total. The smallest absolute Gasteiger partial charge is 0.237 e. The number of carbonyl (C=O) groups is 1. The van der Waals surface area contributed by atoms with Gasteiger partial charge in [-0.25, -0.2) is 0 Å². The van der Waals surface area contributed by atoms with Crippen LogP contribution in [0.5, 0.6) is 5.75 Å². The van der Waals surface area contributed by atoms with Gasteiger partial charge in [0.2, 0.25) is 5.91 Å². The molecule has 0 bridgehead atoms. The van der Waals surface area contributed by atoms with Crippen molar-refractivity contribution >= 4 is 5.91 Å². The Morgan fingerprint density at radius 2 is 2.20 bits per heavy atom. The number of para-hydroxylation sites is 1. The number of benzene rings is 1. The minimum Gasteiger partial charge on any atom is -0.496 e. The molecule has 1 aliphatic heterocycles. The van der Waals surface area contributed by atoms with Crippen LogP contribution in [-0.2, 0) is 11.2 Å². The summed E-state index contributed by atoms with van der Waals surface area (Å²) in [6, 6.07) is 8.20. The monoisotopic (exact) mass is 276 g/mol. The van der Waals surface area contributed by atoms with E-state index in [4.69, 9.17) is 4.74 Å². The van der Waals surface area contributed by atoms with Crippen LogP contribution < -0.4 is 15.4 Å². The third-order valence-corrected chi connectivity index (χ3v) is 3.74. The van der Waals surface area contributed by atoms with Gasteiger partial charge in [-0.2, -0.15) is 0 Å². The fraction of sp³-hybridized carbons (Fsp3) is 0.562. The molecule has 1 aliphatic rings. The molecule has 0 aliphatic carbocycles. The molecule has 0 radical (unpaired) electrons. The standard InChI is InChI=1S/C16H24N2O2/c1-12(11-13-7-3-4-9-15(13)20-2)18-14-8-5-6-10-17-16(14)19/h3-4,7,9,12,14,18H,5-6,8,10-11H2,1-2H3,(H,17,19)/t12-,14-/m0/s1. The van der Waals surface area contributed by atoms with Crippen LogP contribution in [0.1, 0.15) is 31.7 Å². The molecular formula is C16H24N2O2. The second-order valence-corrected chi connectivity index (χ2v) is 5.42. The van der Waals surface area contributed by atoms with Crippen LogP contribution in [0.2, 0.25) is 0 Å². The molecule has 0 saturated carbocycles. The minimum atomic E-state index is -0.0674. The van der Waals surface area contributed by atoms with Crippen LogP contribution in [0.4, 0.5) is 0 Å². The number of hydrogen-bond acceptors (Lipinski definition) is 3. The van der Waals surface area contributed by atoms with Crippen LogP contribution in [-0.4, -0.2) is 31.6 Å². The number of amides is 1. The summed E-state index contributed by atoms with van der Waals surface area (Å²) in [6.45, 7) is 2.92. The zero-order valence-electron chi connectivity index (χ0n) is 12.3. The van der Waals surface area contributed by atoms with Crippen LogP contribution in [0.25, 0.3) is 0 Å².